The zero-order valence-electron chi connectivity index (χ0n) is 43.0. The van der Waals surface area contributed by atoms with Crippen molar-refractivity contribution in [1.29, 1.82) is 0 Å². The van der Waals surface area contributed by atoms with Crippen LogP contribution >= 0.6 is 15.9 Å². The molecule has 2 aromatic rings. The summed E-state index contributed by atoms with van der Waals surface area (Å²) in [6.45, 7) is 57.3. The second-order valence-electron chi connectivity index (χ2n) is 25.2. The third-order valence-electron chi connectivity index (χ3n) is 15.3. The second-order valence-corrected chi connectivity index (χ2v) is 49.7. The van der Waals surface area contributed by atoms with Crippen LogP contribution in [-0.2, 0) is 19.7 Å². The Bertz CT molecular complexity index is 1910. The van der Waals surface area contributed by atoms with Gasteiger partial charge in [-0.25, -0.2) is 0 Å². The normalized spacial score (nSPS) is 21.3. The van der Waals surface area contributed by atoms with Crippen molar-refractivity contribution in [2.45, 2.75) is 213 Å². The largest absolute Gasteiger partial charge is 0.543 e. The van der Waals surface area contributed by atoms with E-state index in [1.165, 1.54) is 0 Å². The summed E-state index contributed by atoms with van der Waals surface area (Å²) in [6.07, 6.45) is -1.32. The van der Waals surface area contributed by atoms with E-state index >= 15 is 0 Å². The number of hydrogen-bond acceptors (Lipinski definition) is 8. The van der Waals surface area contributed by atoms with Crippen molar-refractivity contribution in [1.82, 2.24) is 0 Å². The topological polar surface area (TPSA) is 73.8 Å². The quantitative estimate of drug-likeness (QED) is 0.206. The molecular weight excluding hydrogens is 913 g/mol. The fourth-order valence-corrected chi connectivity index (χ4v) is 11.9. The third kappa shape index (κ3) is 10.5. The summed E-state index contributed by atoms with van der Waals surface area (Å²) >= 11 is 4.07. The molecule has 4 rings (SSSR count). The molecule has 0 aliphatic carbocycles. The average Bonchev–Trinajstić information content (AvgIpc) is 3.14. The molecule has 14 heteroatoms. The van der Waals surface area contributed by atoms with E-state index in [-0.39, 0.29) is 31.8 Å². The van der Waals surface area contributed by atoms with Gasteiger partial charge in [0.1, 0.15) is 39.7 Å². The summed E-state index contributed by atoms with van der Waals surface area (Å²) in [5.74, 6) is 1.98. The van der Waals surface area contributed by atoms with Gasteiger partial charge < -0.3 is 36.3 Å². The Morgan fingerprint density at radius 3 is 1.38 bits per heavy atom. The molecule has 0 N–H and O–H groups in total. The van der Waals surface area contributed by atoms with Gasteiger partial charge in [-0.3, -0.25) is 0 Å². The fraction of sp³-hybridized carbons (Fsp3) is 0.745. The monoisotopic (exact) mass is 996 g/mol. The van der Waals surface area contributed by atoms with Gasteiger partial charge in [0.25, 0.3) is 30.7 Å². The summed E-state index contributed by atoms with van der Waals surface area (Å²) in [5, 5.41) is -0.342. The van der Waals surface area contributed by atoms with Crippen LogP contribution in [0.1, 0.15) is 121 Å². The van der Waals surface area contributed by atoms with Crippen LogP contribution in [0.4, 0.5) is 0 Å². The molecular formula is C47H85BrO8Si5. The van der Waals surface area contributed by atoms with Crippen molar-refractivity contribution in [2.75, 3.05) is 13.2 Å². The fourth-order valence-electron chi connectivity index (χ4n) is 5.88. The Hall–Kier alpha value is -1.12. The molecule has 2 heterocycles. The number of rotatable bonds is 11. The molecule has 0 spiro atoms. The van der Waals surface area contributed by atoms with Gasteiger partial charge in [-0.1, -0.05) is 104 Å². The molecule has 0 amide bonds. The van der Waals surface area contributed by atoms with Crippen molar-refractivity contribution >= 4 is 57.5 Å². The maximum absolute atomic E-state index is 7.63. The molecule has 0 radical (unpaired) electrons. The second kappa shape index (κ2) is 16.6. The first-order valence-electron chi connectivity index (χ1n) is 22.4. The zero-order chi connectivity index (χ0) is 47.2. The van der Waals surface area contributed by atoms with E-state index in [1.807, 2.05) is 0 Å². The van der Waals surface area contributed by atoms with Crippen molar-refractivity contribution < 1.29 is 36.3 Å². The lowest BCUT2D eigenvalue weighted by atomic mass is 9.88. The van der Waals surface area contributed by atoms with Crippen LogP contribution in [0, 0.1) is 0 Å². The smallest absolute Gasteiger partial charge is 0.265 e. The minimum atomic E-state index is -2.54. The summed E-state index contributed by atoms with van der Waals surface area (Å²) in [4.78, 5) is 0. The van der Waals surface area contributed by atoms with E-state index in [2.05, 4.69) is 210 Å². The van der Waals surface area contributed by atoms with Gasteiger partial charge in [0.05, 0.1) is 18.8 Å². The molecule has 2 bridgehead atoms. The van der Waals surface area contributed by atoms with E-state index in [9.17, 15) is 0 Å². The van der Waals surface area contributed by atoms with Gasteiger partial charge in [-0.15, -0.1) is 0 Å². The summed E-state index contributed by atoms with van der Waals surface area (Å²) in [6, 6.07) is 8.34. The summed E-state index contributed by atoms with van der Waals surface area (Å²) in [7, 11) is -12.0. The molecule has 0 saturated carbocycles. The van der Waals surface area contributed by atoms with Crippen molar-refractivity contribution in [2.24, 2.45) is 0 Å². The maximum Gasteiger partial charge on any atom is 0.265 e. The van der Waals surface area contributed by atoms with Gasteiger partial charge in [-0.05, 0) is 125 Å². The molecule has 348 valence electrons. The van der Waals surface area contributed by atoms with Crippen LogP contribution in [0.2, 0.25) is 90.7 Å². The molecule has 1 saturated heterocycles. The molecule has 2 aliphatic heterocycles. The molecule has 0 aromatic heterocycles. The lowest BCUT2D eigenvalue weighted by molar-refractivity contribution is -0.255. The van der Waals surface area contributed by atoms with Crippen LogP contribution in [0.25, 0.3) is 0 Å². The highest BCUT2D eigenvalue weighted by Crippen LogP contribution is 2.60. The first-order chi connectivity index (χ1) is 27.0. The summed E-state index contributed by atoms with van der Waals surface area (Å²) < 4.78 is 59.0. The first kappa shape index (κ1) is 52.5. The molecule has 3 atom stereocenters. The third-order valence-corrected chi connectivity index (χ3v) is 37.9. The molecule has 1 fully saturated rings. The highest BCUT2D eigenvalue weighted by molar-refractivity contribution is 9.10. The Morgan fingerprint density at radius 1 is 0.525 bits per heavy atom. The van der Waals surface area contributed by atoms with Crippen molar-refractivity contribution in [3.8, 4) is 28.7 Å². The van der Waals surface area contributed by atoms with Gasteiger partial charge in [-0.2, -0.15) is 0 Å². The maximum atomic E-state index is 7.63. The molecule has 61 heavy (non-hydrogen) atoms. The molecule has 2 aromatic carbocycles. The van der Waals surface area contributed by atoms with Crippen molar-refractivity contribution in [3.05, 3.63) is 39.9 Å². The van der Waals surface area contributed by atoms with Gasteiger partial charge >= 0.3 is 0 Å². The lowest BCUT2D eigenvalue weighted by Gasteiger charge is -2.51. The standard InChI is InChI=1S/C47H85BrO8Si5/c1-42(2,3)57(16,17)52-33-27-26-32(30-34(33)53-58(18,19)43(4,5)6)47-41(56-61(24,25)46(13,14)15)40(49-28-29-50-47)37-35(54-59(20,21)44(7,8)9)31-36(38(48)39(37)51-47)55-60(22,23)45(10,11)12/h26-27,30-31,40-41H,28-29H2,1-25H3/t40-,41+,47+/m0/s1. The van der Waals surface area contributed by atoms with Crippen LogP contribution in [0.5, 0.6) is 28.7 Å². The SMILES string of the molecule is CC(C)(C)[Si](C)(C)Oc1ccc([C@@]23OCCO[C@@H](c4c(O[Si](C)(C)C(C)(C)C)cc(O[Si](C)(C)C(C)(C)C)c(Br)c4O2)[C@H]3O[Si](C)(C)C(C)(C)C)cc1O[Si](C)(C)C(C)(C)C. The Balaban J connectivity index is 2.17. The highest BCUT2D eigenvalue weighted by Gasteiger charge is 2.60. The Kier molecular flexibility index (Phi) is 14.3. The molecule has 0 unspecified atom stereocenters. The van der Waals surface area contributed by atoms with E-state index in [4.69, 9.17) is 36.3 Å². The van der Waals surface area contributed by atoms with Gasteiger partial charge in [0.2, 0.25) is 8.32 Å². The van der Waals surface area contributed by atoms with Crippen LogP contribution < -0.4 is 22.4 Å². The minimum Gasteiger partial charge on any atom is -0.543 e. The van der Waals surface area contributed by atoms with E-state index < -0.39 is 59.6 Å². The number of fused-ring (bicyclic) bond motifs is 4. The first-order valence-corrected chi connectivity index (χ1v) is 37.7. The van der Waals surface area contributed by atoms with Crippen LogP contribution in [0.3, 0.4) is 0 Å². The Labute approximate surface area is 386 Å². The lowest BCUT2D eigenvalue weighted by Crippen LogP contribution is -2.58. The van der Waals surface area contributed by atoms with Crippen LogP contribution in [-0.4, -0.2) is 60.9 Å². The number of benzene rings is 2. The van der Waals surface area contributed by atoms with E-state index in [0.29, 0.717) is 34.1 Å². The Morgan fingerprint density at radius 2 is 0.934 bits per heavy atom. The number of halogens is 1. The molecule has 2 aliphatic rings. The van der Waals surface area contributed by atoms with Gasteiger partial charge in [0, 0.05) is 11.6 Å². The average molecular weight is 999 g/mol. The number of hydrogen-bond donors (Lipinski definition) is 0. The van der Waals surface area contributed by atoms with E-state index in [1.54, 1.807) is 0 Å². The zero-order valence-corrected chi connectivity index (χ0v) is 49.6. The van der Waals surface area contributed by atoms with Gasteiger partial charge in [0.15, 0.2) is 14.1 Å². The summed E-state index contributed by atoms with van der Waals surface area (Å²) in [5.41, 5.74) is 1.60. The van der Waals surface area contributed by atoms with Crippen LogP contribution in [0.15, 0.2) is 28.7 Å². The minimum absolute atomic E-state index is 0.0213. The van der Waals surface area contributed by atoms with Crippen molar-refractivity contribution in [3.63, 3.8) is 0 Å². The predicted molar refractivity (Wildman–Crippen MR) is 271 cm³/mol. The predicted octanol–water partition coefficient (Wildman–Crippen LogP) is 15.7. The highest BCUT2D eigenvalue weighted by atomic mass is 79.9. The number of ether oxygens (including phenoxy) is 3. The molecule has 8 nitrogen and oxygen atoms in total. The van der Waals surface area contributed by atoms with E-state index in [0.717, 1.165) is 16.9 Å².